The summed E-state index contributed by atoms with van der Waals surface area (Å²) in [4.78, 5) is 29.9. The quantitative estimate of drug-likeness (QED) is 0.197. The minimum absolute atomic E-state index is 0.188. The molecule has 0 aliphatic heterocycles. The van der Waals surface area contributed by atoms with Crippen molar-refractivity contribution in [2.24, 2.45) is 5.10 Å². The summed E-state index contributed by atoms with van der Waals surface area (Å²) in [7, 11) is 3.04. The van der Waals surface area contributed by atoms with Gasteiger partial charge in [0.25, 0.3) is 5.56 Å². The number of para-hydroxylation sites is 2. The van der Waals surface area contributed by atoms with Gasteiger partial charge in [-0.15, -0.1) is 0 Å². The lowest BCUT2D eigenvalue weighted by atomic mass is 10.2. The third-order valence-corrected chi connectivity index (χ3v) is 5.50. The zero-order chi connectivity index (χ0) is 25.2. The molecule has 0 aliphatic carbocycles. The molecule has 5 rings (SSSR count). The van der Waals surface area contributed by atoms with Crippen LogP contribution in [0.2, 0.25) is 0 Å². The maximum atomic E-state index is 13.5. The Balaban J connectivity index is 1.73. The highest BCUT2D eigenvalue weighted by atomic mass is 16.6. The Morgan fingerprint density at radius 1 is 0.972 bits per heavy atom. The molecule has 0 unspecified atom stereocenters. The summed E-state index contributed by atoms with van der Waals surface area (Å²) in [5.74, 6) is 1.18. The van der Waals surface area contributed by atoms with Gasteiger partial charge in [0.1, 0.15) is 11.3 Å². The number of nitrogens with zero attached hydrogens (tertiary/aromatic N) is 3. The van der Waals surface area contributed by atoms with E-state index in [-0.39, 0.29) is 11.6 Å². The first-order valence-electron chi connectivity index (χ1n) is 11.0. The third kappa shape index (κ3) is 4.07. The van der Waals surface area contributed by atoms with Crippen LogP contribution in [0.25, 0.3) is 33.5 Å². The fourth-order valence-corrected chi connectivity index (χ4v) is 3.88. The normalized spacial score (nSPS) is 11.3. The first kappa shape index (κ1) is 22.9. The van der Waals surface area contributed by atoms with Gasteiger partial charge in [-0.1, -0.05) is 24.3 Å². The van der Waals surface area contributed by atoms with Crippen molar-refractivity contribution >= 4 is 34.1 Å². The average molecular weight is 483 g/mol. The molecule has 0 fully saturated rings. The van der Waals surface area contributed by atoms with Crippen molar-refractivity contribution in [1.29, 1.82) is 0 Å². The SMILES string of the molecule is COc1cccc(C=Nn2c(-c3cc4c(OC)cccc4o3)nc3ccccc3c2=O)c1OC(C)=O. The van der Waals surface area contributed by atoms with Gasteiger partial charge in [0.2, 0.25) is 5.82 Å². The second-order valence-corrected chi connectivity index (χ2v) is 7.77. The molecular formula is C27H21N3O6. The van der Waals surface area contributed by atoms with E-state index in [2.05, 4.69) is 10.1 Å². The van der Waals surface area contributed by atoms with Gasteiger partial charge in [-0.3, -0.25) is 9.59 Å². The van der Waals surface area contributed by atoms with Gasteiger partial charge in [-0.05, 0) is 42.5 Å². The molecule has 0 saturated carbocycles. The van der Waals surface area contributed by atoms with E-state index in [0.717, 1.165) is 10.1 Å². The van der Waals surface area contributed by atoms with Gasteiger partial charge in [0.15, 0.2) is 17.3 Å². The van der Waals surface area contributed by atoms with Crippen molar-refractivity contribution in [3.05, 3.63) is 82.6 Å². The van der Waals surface area contributed by atoms with Crippen molar-refractivity contribution < 1.29 is 23.4 Å². The van der Waals surface area contributed by atoms with Gasteiger partial charge in [-0.2, -0.15) is 9.78 Å². The number of hydrogen-bond acceptors (Lipinski definition) is 8. The smallest absolute Gasteiger partial charge is 0.308 e. The van der Waals surface area contributed by atoms with Gasteiger partial charge in [0.05, 0.1) is 36.7 Å². The number of ether oxygens (including phenoxy) is 3. The van der Waals surface area contributed by atoms with E-state index in [4.69, 9.17) is 18.6 Å². The van der Waals surface area contributed by atoms with Crippen LogP contribution in [0.4, 0.5) is 0 Å². The highest BCUT2D eigenvalue weighted by Crippen LogP contribution is 2.33. The Morgan fingerprint density at radius 3 is 2.50 bits per heavy atom. The zero-order valence-corrected chi connectivity index (χ0v) is 19.7. The van der Waals surface area contributed by atoms with Crippen molar-refractivity contribution in [3.63, 3.8) is 0 Å². The lowest BCUT2D eigenvalue weighted by Gasteiger charge is -2.11. The fraction of sp³-hybridized carbons (Fsp3) is 0.111. The monoisotopic (exact) mass is 483 g/mol. The number of aromatic nitrogens is 2. The summed E-state index contributed by atoms with van der Waals surface area (Å²) in [6.45, 7) is 1.29. The van der Waals surface area contributed by atoms with E-state index < -0.39 is 11.5 Å². The first-order chi connectivity index (χ1) is 17.5. The Morgan fingerprint density at radius 2 is 1.72 bits per heavy atom. The van der Waals surface area contributed by atoms with E-state index in [1.54, 1.807) is 61.7 Å². The highest BCUT2D eigenvalue weighted by molar-refractivity contribution is 5.89. The zero-order valence-electron chi connectivity index (χ0n) is 19.7. The Bertz CT molecular complexity index is 1700. The van der Waals surface area contributed by atoms with Crippen LogP contribution in [0.1, 0.15) is 12.5 Å². The summed E-state index contributed by atoms with van der Waals surface area (Å²) in [6.07, 6.45) is 1.41. The number of carbonyl (C=O) groups is 1. The molecule has 0 spiro atoms. The van der Waals surface area contributed by atoms with Gasteiger partial charge in [-0.25, -0.2) is 4.98 Å². The molecule has 9 nitrogen and oxygen atoms in total. The molecule has 0 aliphatic rings. The Kier molecular flexibility index (Phi) is 5.95. The molecule has 2 aromatic heterocycles. The predicted molar refractivity (Wildman–Crippen MR) is 135 cm³/mol. The summed E-state index contributed by atoms with van der Waals surface area (Å²) in [6, 6.07) is 19.2. The molecule has 3 aromatic carbocycles. The second kappa shape index (κ2) is 9.38. The topological polar surface area (TPSA) is 105 Å². The van der Waals surface area contributed by atoms with Crippen molar-refractivity contribution in [2.75, 3.05) is 14.2 Å². The van der Waals surface area contributed by atoms with Crippen LogP contribution < -0.4 is 19.8 Å². The number of esters is 1. The Labute approximate surface area is 205 Å². The van der Waals surface area contributed by atoms with Crippen LogP contribution in [-0.4, -0.2) is 36.1 Å². The van der Waals surface area contributed by atoms with E-state index in [1.807, 2.05) is 12.1 Å². The average Bonchev–Trinajstić information content (AvgIpc) is 3.33. The molecule has 0 bridgehead atoms. The predicted octanol–water partition coefficient (Wildman–Crippen LogP) is 4.63. The number of furan rings is 1. The van der Waals surface area contributed by atoms with Crippen molar-refractivity contribution in [2.45, 2.75) is 6.92 Å². The molecule has 0 atom stereocenters. The lowest BCUT2D eigenvalue weighted by molar-refractivity contribution is -0.132. The van der Waals surface area contributed by atoms with Gasteiger partial charge >= 0.3 is 5.97 Å². The van der Waals surface area contributed by atoms with E-state index in [0.29, 0.717) is 39.3 Å². The van der Waals surface area contributed by atoms with Crippen LogP contribution in [0, 0.1) is 0 Å². The van der Waals surface area contributed by atoms with Crippen LogP contribution in [0.5, 0.6) is 17.2 Å². The number of methoxy groups -OCH3 is 2. The van der Waals surface area contributed by atoms with E-state index in [9.17, 15) is 9.59 Å². The molecule has 9 heteroatoms. The maximum absolute atomic E-state index is 13.5. The number of carbonyl (C=O) groups excluding carboxylic acids is 1. The summed E-state index contributed by atoms with van der Waals surface area (Å²) in [5, 5.41) is 5.56. The molecule has 0 radical (unpaired) electrons. The summed E-state index contributed by atoms with van der Waals surface area (Å²) < 4.78 is 23.3. The second-order valence-electron chi connectivity index (χ2n) is 7.77. The summed E-state index contributed by atoms with van der Waals surface area (Å²) >= 11 is 0. The van der Waals surface area contributed by atoms with Crippen LogP contribution in [-0.2, 0) is 4.79 Å². The van der Waals surface area contributed by atoms with Gasteiger partial charge in [0, 0.05) is 12.5 Å². The van der Waals surface area contributed by atoms with Crippen LogP contribution in [0.15, 0.2) is 81.0 Å². The summed E-state index contributed by atoms with van der Waals surface area (Å²) in [5.41, 5.74) is 1.11. The van der Waals surface area contributed by atoms with E-state index in [1.165, 1.54) is 20.2 Å². The number of benzene rings is 3. The molecule has 180 valence electrons. The molecule has 5 aromatic rings. The number of rotatable bonds is 6. The molecule has 0 N–H and O–H groups in total. The highest BCUT2D eigenvalue weighted by Gasteiger charge is 2.18. The molecule has 0 amide bonds. The maximum Gasteiger partial charge on any atom is 0.308 e. The minimum atomic E-state index is -0.518. The van der Waals surface area contributed by atoms with E-state index >= 15 is 0 Å². The van der Waals surface area contributed by atoms with Crippen LogP contribution in [0.3, 0.4) is 0 Å². The molecule has 36 heavy (non-hydrogen) atoms. The minimum Gasteiger partial charge on any atom is -0.496 e. The fourth-order valence-electron chi connectivity index (χ4n) is 3.88. The first-order valence-corrected chi connectivity index (χ1v) is 11.0. The molecule has 0 saturated heterocycles. The molecule has 2 heterocycles. The largest absolute Gasteiger partial charge is 0.496 e. The molecular weight excluding hydrogens is 462 g/mol. The standard InChI is InChI=1S/C27H21N3O6/c1-16(31)35-25-17(8-6-13-23(25)34-3)15-28-30-26(29-20-10-5-4-9-18(20)27(30)32)24-14-19-21(33-2)11-7-12-22(19)36-24/h4-15H,1-3H3. The number of fused-ring (bicyclic) bond motifs is 2. The number of hydrogen-bond donors (Lipinski definition) is 0. The Hall–Kier alpha value is -4.92. The third-order valence-electron chi connectivity index (χ3n) is 5.50. The van der Waals surface area contributed by atoms with Gasteiger partial charge < -0.3 is 18.6 Å². The van der Waals surface area contributed by atoms with Crippen LogP contribution >= 0.6 is 0 Å². The van der Waals surface area contributed by atoms with Crippen molar-refractivity contribution in [1.82, 2.24) is 9.66 Å². The lowest BCUT2D eigenvalue weighted by Crippen LogP contribution is -2.20. The van der Waals surface area contributed by atoms with Crippen molar-refractivity contribution in [3.8, 4) is 28.8 Å².